The van der Waals surface area contributed by atoms with E-state index in [4.69, 9.17) is 18.9 Å². The molecule has 4 rings (SSSR count). The summed E-state index contributed by atoms with van der Waals surface area (Å²) in [5.41, 5.74) is 0.690. The number of nitrogens with one attached hydrogen (secondary N) is 1. The lowest BCUT2D eigenvalue weighted by atomic mass is 9.95. The van der Waals surface area contributed by atoms with Crippen LogP contribution in [0.4, 0.5) is 5.69 Å². The Labute approximate surface area is 176 Å². The Morgan fingerprint density at radius 1 is 1.17 bits per heavy atom. The Kier molecular flexibility index (Phi) is 6.74. The number of anilines is 1. The van der Waals surface area contributed by atoms with E-state index in [-0.39, 0.29) is 30.6 Å². The minimum atomic E-state index is -0.491. The van der Waals surface area contributed by atoms with Crippen molar-refractivity contribution in [2.24, 2.45) is 5.92 Å². The van der Waals surface area contributed by atoms with Gasteiger partial charge in [0.2, 0.25) is 12.7 Å². The fourth-order valence-electron chi connectivity index (χ4n) is 4.10. The summed E-state index contributed by atoms with van der Waals surface area (Å²) in [5.74, 6) is 1.17. The van der Waals surface area contributed by atoms with Crippen molar-refractivity contribution in [3.05, 3.63) is 18.2 Å². The van der Waals surface area contributed by atoms with Gasteiger partial charge in [-0.3, -0.25) is 9.59 Å². The molecule has 164 valence electrons. The van der Waals surface area contributed by atoms with E-state index in [1.165, 1.54) is 0 Å². The maximum Gasteiger partial charge on any atom is 0.251 e. The normalized spacial score (nSPS) is 22.6. The van der Waals surface area contributed by atoms with Gasteiger partial charge in [0, 0.05) is 37.4 Å². The molecule has 0 aromatic heterocycles. The van der Waals surface area contributed by atoms with Crippen molar-refractivity contribution in [1.82, 2.24) is 4.90 Å². The zero-order valence-corrected chi connectivity index (χ0v) is 17.4. The summed E-state index contributed by atoms with van der Waals surface area (Å²) in [7, 11) is 0. The number of hydrogen-bond acceptors (Lipinski definition) is 6. The molecule has 1 N–H and O–H groups in total. The van der Waals surface area contributed by atoms with Crippen molar-refractivity contribution in [1.29, 1.82) is 0 Å². The van der Waals surface area contributed by atoms with Crippen molar-refractivity contribution >= 4 is 17.5 Å². The second kappa shape index (κ2) is 9.66. The summed E-state index contributed by atoms with van der Waals surface area (Å²) in [6.45, 7) is 4.36. The van der Waals surface area contributed by atoms with E-state index in [0.29, 0.717) is 49.7 Å². The SMILES string of the molecule is CC(OCC1CCCCO1)C(=O)N1CCC(C(=O)Nc2ccc3c(c2)OCO3)CC1. The molecule has 1 aromatic rings. The Bertz CT molecular complexity index is 756. The first-order valence-electron chi connectivity index (χ1n) is 10.8. The molecule has 2 fully saturated rings. The molecule has 2 atom stereocenters. The molecule has 8 heteroatoms. The molecule has 0 bridgehead atoms. The number of nitrogens with zero attached hydrogens (tertiary/aromatic N) is 1. The van der Waals surface area contributed by atoms with Crippen LogP contribution in [0.2, 0.25) is 0 Å². The molecule has 8 nitrogen and oxygen atoms in total. The van der Waals surface area contributed by atoms with E-state index in [1.54, 1.807) is 30.0 Å². The number of piperidine rings is 1. The number of hydrogen-bond donors (Lipinski definition) is 1. The van der Waals surface area contributed by atoms with Gasteiger partial charge in [-0.25, -0.2) is 0 Å². The summed E-state index contributed by atoms with van der Waals surface area (Å²) in [6.07, 6.45) is 4.13. The Morgan fingerprint density at radius 3 is 2.73 bits per heavy atom. The molecule has 2 saturated heterocycles. The summed E-state index contributed by atoms with van der Waals surface area (Å²) < 4.78 is 22.1. The average Bonchev–Trinajstić information content (AvgIpc) is 3.25. The second-order valence-electron chi connectivity index (χ2n) is 8.12. The Hall–Kier alpha value is -2.32. The minimum Gasteiger partial charge on any atom is -0.454 e. The van der Waals surface area contributed by atoms with Gasteiger partial charge in [0.25, 0.3) is 5.91 Å². The predicted octanol–water partition coefficient (Wildman–Crippen LogP) is 2.57. The Morgan fingerprint density at radius 2 is 1.97 bits per heavy atom. The molecule has 0 aliphatic carbocycles. The van der Waals surface area contributed by atoms with Gasteiger partial charge >= 0.3 is 0 Å². The lowest BCUT2D eigenvalue weighted by Crippen LogP contribution is -2.46. The number of amides is 2. The fourth-order valence-corrected chi connectivity index (χ4v) is 4.10. The molecule has 3 aliphatic rings. The van der Waals surface area contributed by atoms with Gasteiger partial charge in [-0.05, 0) is 51.2 Å². The molecular formula is C22H30N2O6. The molecule has 1 aromatic carbocycles. The van der Waals surface area contributed by atoms with Gasteiger partial charge in [-0.15, -0.1) is 0 Å². The number of ether oxygens (including phenoxy) is 4. The van der Waals surface area contributed by atoms with Crippen LogP contribution in [-0.4, -0.2) is 62.0 Å². The number of carbonyl (C=O) groups is 2. The molecule has 3 aliphatic heterocycles. The quantitative estimate of drug-likeness (QED) is 0.764. The van der Waals surface area contributed by atoms with Crippen molar-refractivity contribution in [3.8, 4) is 11.5 Å². The predicted molar refractivity (Wildman–Crippen MR) is 110 cm³/mol. The van der Waals surface area contributed by atoms with Crippen LogP contribution in [-0.2, 0) is 19.1 Å². The van der Waals surface area contributed by atoms with Gasteiger partial charge in [0.15, 0.2) is 11.5 Å². The van der Waals surface area contributed by atoms with Gasteiger partial charge in [-0.1, -0.05) is 0 Å². The lowest BCUT2D eigenvalue weighted by molar-refractivity contribution is -0.148. The van der Waals surface area contributed by atoms with E-state index in [1.807, 2.05) is 0 Å². The lowest BCUT2D eigenvalue weighted by Gasteiger charge is -2.33. The maximum absolute atomic E-state index is 12.7. The monoisotopic (exact) mass is 418 g/mol. The molecule has 3 heterocycles. The third-order valence-electron chi connectivity index (χ3n) is 5.97. The van der Waals surface area contributed by atoms with E-state index in [2.05, 4.69) is 5.32 Å². The summed E-state index contributed by atoms with van der Waals surface area (Å²) in [4.78, 5) is 27.1. The average molecular weight is 418 g/mol. The van der Waals surface area contributed by atoms with Crippen LogP contribution in [0.3, 0.4) is 0 Å². The van der Waals surface area contributed by atoms with Crippen LogP contribution in [0.25, 0.3) is 0 Å². The van der Waals surface area contributed by atoms with E-state index >= 15 is 0 Å². The highest BCUT2D eigenvalue weighted by atomic mass is 16.7. The summed E-state index contributed by atoms with van der Waals surface area (Å²) >= 11 is 0. The first-order valence-corrected chi connectivity index (χ1v) is 10.8. The van der Waals surface area contributed by atoms with Gasteiger partial charge in [-0.2, -0.15) is 0 Å². The smallest absolute Gasteiger partial charge is 0.251 e. The Balaban J connectivity index is 1.21. The van der Waals surface area contributed by atoms with Gasteiger partial charge < -0.3 is 29.2 Å². The third kappa shape index (κ3) is 5.05. The third-order valence-corrected chi connectivity index (χ3v) is 5.97. The van der Waals surface area contributed by atoms with Crippen molar-refractivity contribution < 1.29 is 28.5 Å². The molecule has 2 unspecified atom stereocenters. The van der Waals surface area contributed by atoms with Crippen LogP contribution in [0, 0.1) is 5.92 Å². The molecule has 0 spiro atoms. The number of benzene rings is 1. The van der Waals surface area contributed by atoms with Crippen LogP contribution >= 0.6 is 0 Å². The zero-order chi connectivity index (χ0) is 20.9. The van der Waals surface area contributed by atoms with Gasteiger partial charge in [0.05, 0.1) is 12.7 Å². The maximum atomic E-state index is 12.7. The van der Waals surface area contributed by atoms with Crippen molar-refractivity contribution in [3.63, 3.8) is 0 Å². The molecular weight excluding hydrogens is 388 g/mol. The highest BCUT2D eigenvalue weighted by molar-refractivity contribution is 5.93. The standard InChI is InChI=1S/C22H30N2O6/c1-15(28-13-18-4-2-3-11-27-18)22(26)24-9-7-16(8-10-24)21(25)23-17-5-6-19-20(12-17)30-14-29-19/h5-6,12,15-16,18H,2-4,7-11,13-14H2,1H3,(H,23,25). The van der Waals surface area contributed by atoms with Crippen LogP contribution in [0.5, 0.6) is 11.5 Å². The molecule has 30 heavy (non-hydrogen) atoms. The number of likely N-dealkylation sites (tertiary alicyclic amines) is 1. The summed E-state index contributed by atoms with van der Waals surface area (Å²) in [6, 6.07) is 5.37. The first-order chi connectivity index (χ1) is 14.6. The topological polar surface area (TPSA) is 86.3 Å². The fraction of sp³-hybridized carbons (Fsp3) is 0.636. The highest BCUT2D eigenvalue weighted by Crippen LogP contribution is 2.34. The number of carbonyl (C=O) groups excluding carboxylic acids is 2. The van der Waals surface area contributed by atoms with Crippen LogP contribution in [0.1, 0.15) is 39.0 Å². The first kappa shape index (κ1) is 20.9. The van der Waals surface area contributed by atoms with Gasteiger partial charge in [0.1, 0.15) is 6.10 Å². The van der Waals surface area contributed by atoms with Crippen molar-refractivity contribution in [2.45, 2.75) is 51.2 Å². The summed E-state index contributed by atoms with van der Waals surface area (Å²) in [5, 5.41) is 2.95. The largest absolute Gasteiger partial charge is 0.454 e. The minimum absolute atomic E-state index is 0.0135. The number of fused-ring (bicyclic) bond motifs is 1. The van der Waals surface area contributed by atoms with E-state index in [0.717, 1.165) is 25.9 Å². The second-order valence-corrected chi connectivity index (χ2v) is 8.12. The van der Waals surface area contributed by atoms with E-state index in [9.17, 15) is 9.59 Å². The molecule has 0 saturated carbocycles. The number of rotatable bonds is 6. The zero-order valence-electron chi connectivity index (χ0n) is 17.4. The van der Waals surface area contributed by atoms with E-state index < -0.39 is 6.10 Å². The molecule has 2 amide bonds. The highest BCUT2D eigenvalue weighted by Gasteiger charge is 2.30. The molecule has 0 radical (unpaired) electrons. The van der Waals surface area contributed by atoms with Crippen LogP contribution in [0.15, 0.2) is 18.2 Å². The van der Waals surface area contributed by atoms with Crippen LogP contribution < -0.4 is 14.8 Å². The van der Waals surface area contributed by atoms with Crippen molar-refractivity contribution in [2.75, 3.05) is 38.4 Å².